The highest BCUT2D eigenvalue weighted by atomic mass is 32.2. The number of benzene rings is 2. The molecular formula is C21H19N5OS. The van der Waals surface area contributed by atoms with Crippen LogP contribution in [0.1, 0.15) is 16.8 Å². The maximum absolute atomic E-state index is 5.78. The van der Waals surface area contributed by atoms with Crippen molar-refractivity contribution < 1.29 is 4.74 Å². The molecule has 2 aromatic heterocycles. The molecule has 0 saturated carbocycles. The molecule has 6 nitrogen and oxygen atoms in total. The molecule has 0 saturated heterocycles. The van der Waals surface area contributed by atoms with E-state index in [1.807, 2.05) is 53.2 Å². The van der Waals surface area contributed by atoms with Crippen LogP contribution in [0.3, 0.4) is 0 Å². The van der Waals surface area contributed by atoms with Crippen LogP contribution >= 0.6 is 11.8 Å². The molecule has 0 N–H and O–H groups in total. The second kappa shape index (κ2) is 9.14. The van der Waals surface area contributed by atoms with Crippen LogP contribution in [0.4, 0.5) is 0 Å². The number of pyridine rings is 1. The SMILES string of the molecule is c1ccc(Cn2nnnc2SCc2ccc(OCc3ccccn3)cc2)cc1. The number of thioether (sulfide) groups is 1. The lowest BCUT2D eigenvalue weighted by Gasteiger charge is -2.07. The predicted octanol–water partition coefficient (Wildman–Crippen LogP) is 3.99. The monoisotopic (exact) mass is 389 g/mol. The zero-order valence-corrected chi connectivity index (χ0v) is 16.0. The summed E-state index contributed by atoms with van der Waals surface area (Å²) in [6, 6.07) is 24.1. The maximum atomic E-state index is 5.78. The van der Waals surface area contributed by atoms with Crippen molar-refractivity contribution in [3.63, 3.8) is 0 Å². The van der Waals surface area contributed by atoms with Crippen molar-refractivity contribution in [1.29, 1.82) is 0 Å². The Bertz CT molecular complexity index is 990. The summed E-state index contributed by atoms with van der Waals surface area (Å²) in [5.74, 6) is 1.61. The van der Waals surface area contributed by atoms with Gasteiger partial charge in [-0.05, 0) is 45.8 Å². The average Bonchev–Trinajstić information content (AvgIpc) is 3.20. The number of nitrogens with zero attached hydrogens (tertiary/aromatic N) is 5. The standard InChI is InChI=1S/C21H19N5OS/c1-2-6-17(7-3-1)14-26-21(23-24-25-26)28-16-18-9-11-20(12-10-18)27-15-19-8-4-5-13-22-19/h1-13H,14-16H2. The topological polar surface area (TPSA) is 65.7 Å². The van der Waals surface area contributed by atoms with Gasteiger partial charge in [-0.3, -0.25) is 4.98 Å². The minimum Gasteiger partial charge on any atom is -0.487 e. The molecule has 0 fully saturated rings. The van der Waals surface area contributed by atoms with Crippen LogP contribution in [0.25, 0.3) is 0 Å². The van der Waals surface area contributed by atoms with Crippen LogP contribution in [-0.2, 0) is 18.9 Å². The van der Waals surface area contributed by atoms with Crippen LogP contribution in [0.5, 0.6) is 5.75 Å². The van der Waals surface area contributed by atoms with Crippen LogP contribution < -0.4 is 4.74 Å². The first-order valence-electron chi connectivity index (χ1n) is 8.91. The number of ether oxygens (including phenoxy) is 1. The minimum absolute atomic E-state index is 0.462. The average molecular weight is 389 g/mol. The highest BCUT2D eigenvalue weighted by Crippen LogP contribution is 2.22. The van der Waals surface area contributed by atoms with Gasteiger partial charge in [-0.15, -0.1) is 5.10 Å². The van der Waals surface area contributed by atoms with Gasteiger partial charge < -0.3 is 4.74 Å². The van der Waals surface area contributed by atoms with Gasteiger partial charge in [0.1, 0.15) is 12.4 Å². The zero-order valence-electron chi connectivity index (χ0n) is 15.2. The van der Waals surface area contributed by atoms with Crippen LogP contribution in [0.15, 0.2) is 84.1 Å². The van der Waals surface area contributed by atoms with Crippen LogP contribution in [0, 0.1) is 0 Å². The third-order valence-electron chi connectivity index (χ3n) is 4.08. The maximum Gasteiger partial charge on any atom is 0.209 e. The van der Waals surface area contributed by atoms with E-state index in [9.17, 15) is 0 Å². The van der Waals surface area contributed by atoms with E-state index in [0.717, 1.165) is 22.4 Å². The third kappa shape index (κ3) is 4.95. The number of hydrogen-bond donors (Lipinski definition) is 0. The number of rotatable bonds is 8. The first kappa shape index (κ1) is 18.2. The molecule has 2 aromatic carbocycles. The Labute approximate surface area is 167 Å². The van der Waals surface area contributed by atoms with E-state index < -0.39 is 0 Å². The highest BCUT2D eigenvalue weighted by molar-refractivity contribution is 7.98. The molecule has 0 aliphatic heterocycles. The van der Waals surface area contributed by atoms with Gasteiger partial charge in [-0.25, -0.2) is 4.68 Å². The van der Waals surface area contributed by atoms with E-state index in [4.69, 9.17) is 4.74 Å². The molecule has 4 rings (SSSR count). The quantitative estimate of drug-likeness (QED) is 0.425. The Morgan fingerprint density at radius 2 is 1.68 bits per heavy atom. The minimum atomic E-state index is 0.462. The van der Waals surface area contributed by atoms with Crippen molar-refractivity contribution >= 4 is 11.8 Å². The second-order valence-electron chi connectivity index (χ2n) is 6.15. The Balaban J connectivity index is 1.31. The molecule has 0 unspecified atom stereocenters. The third-order valence-corrected chi connectivity index (χ3v) is 5.11. The van der Waals surface area contributed by atoms with E-state index in [0.29, 0.717) is 13.2 Å². The molecule has 0 atom stereocenters. The lowest BCUT2D eigenvalue weighted by atomic mass is 10.2. The Morgan fingerprint density at radius 1 is 0.857 bits per heavy atom. The summed E-state index contributed by atoms with van der Waals surface area (Å²) in [6.07, 6.45) is 1.77. The van der Waals surface area contributed by atoms with Gasteiger partial charge in [0.05, 0.1) is 12.2 Å². The van der Waals surface area contributed by atoms with Gasteiger partial charge in [0.2, 0.25) is 5.16 Å². The van der Waals surface area contributed by atoms with Gasteiger partial charge in [-0.1, -0.05) is 60.3 Å². The van der Waals surface area contributed by atoms with E-state index in [1.54, 1.807) is 18.0 Å². The molecule has 0 bridgehead atoms. The normalized spacial score (nSPS) is 10.7. The number of aromatic nitrogens is 5. The molecule has 0 radical (unpaired) electrons. The summed E-state index contributed by atoms with van der Waals surface area (Å²) in [5.41, 5.74) is 3.27. The van der Waals surface area contributed by atoms with Crippen LogP contribution in [-0.4, -0.2) is 25.2 Å². The van der Waals surface area contributed by atoms with E-state index in [2.05, 4.69) is 44.8 Å². The second-order valence-corrected chi connectivity index (χ2v) is 7.09. The van der Waals surface area contributed by atoms with Gasteiger partial charge in [-0.2, -0.15) is 0 Å². The van der Waals surface area contributed by atoms with Crippen LogP contribution in [0.2, 0.25) is 0 Å². The Morgan fingerprint density at radius 3 is 2.46 bits per heavy atom. The van der Waals surface area contributed by atoms with Crippen molar-refractivity contribution in [2.24, 2.45) is 0 Å². The fourth-order valence-corrected chi connectivity index (χ4v) is 3.46. The lowest BCUT2D eigenvalue weighted by molar-refractivity contribution is 0.301. The van der Waals surface area contributed by atoms with Crippen molar-refractivity contribution in [1.82, 2.24) is 25.2 Å². The highest BCUT2D eigenvalue weighted by Gasteiger charge is 2.08. The summed E-state index contributed by atoms with van der Waals surface area (Å²) in [7, 11) is 0. The van der Waals surface area contributed by atoms with Crippen molar-refractivity contribution in [2.75, 3.05) is 0 Å². The Kier molecular flexibility index (Phi) is 5.94. The van der Waals surface area contributed by atoms with E-state index >= 15 is 0 Å². The van der Waals surface area contributed by atoms with Crippen molar-refractivity contribution in [2.45, 2.75) is 24.1 Å². The van der Waals surface area contributed by atoms with Gasteiger partial charge in [0, 0.05) is 11.9 Å². The molecule has 0 spiro atoms. The van der Waals surface area contributed by atoms with E-state index in [-0.39, 0.29) is 0 Å². The van der Waals surface area contributed by atoms with Gasteiger partial charge in [0.25, 0.3) is 0 Å². The summed E-state index contributed by atoms with van der Waals surface area (Å²) in [4.78, 5) is 4.26. The zero-order chi connectivity index (χ0) is 19.0. The van der Waals surface area contributed by atoms with Gasteiger partial charge in [0.15, 0.2) is 0 Å². The molecule has 28 heavy (non-hydrogen) atoms. The summed E-state index contributed by atoms with van der Waals surface area (Å²) >= 11 is 1.62. The molecule has 0 amide bonds. The molecule has 0 aliphatic rings. The molecule has 2 heterocycles. The summed E-state index contributed by atoms with van der Waals surface area (Å²) in [5, 5.41) is 12.9. The molecule has 140 valence electrons. The summed E-state index contributed by atoms with van der Waals surface area (Å²) in [6.45, 7) is 1.12. The molecule has 7 heteroatoms. The Hall–Kier alpha value is -3.19. The summed E-state index contributed by atoms with van der Waals surface area (Å²) < 4.78 is 7.60. The first-order valence-corrected chi connectivity index (χ1v) is 9.90. The fourth-order valence-electron chi connectivity index (χ4n) is 2.63. The van der Waals surface area contributed by atoms with Crippen molar-refractivity contribution in [3.05, 3.63) is 95.8 Å². The lowest BCUT2D eigenvalue weighted by Crippen LogP contribution is -2.03. The number of tetrazole rings is 1. The van der Waals surface area contributed by atoms with Crippen molar-refractivity contribution in [3.8, 4) is 5.75 Å². The molecular weight excluding hydrogens is 370 g/mol. The molecule has 4 aromatic rings. The van der Waals surface area contributed by atoms with E-state index in [1.165, 1.54) is 11.1 Å². The largest absolute Gasteiger partial charge is 0.487 e. The first-order chi connectivity index (χ1) is 13.9. The predicted molar refractivity (Wildman–Crippen MR) is 108 cm³/mol. The smallest absolute Gasteiger partial charge is 0.209 e. The van der Waals surface area contributed by atoms with Gasteiger partial charge >= 0.3 is 0 Å². The number of hydrogen-bond acceptors (Lipinski definition) is 6. The molecule has 0 aliphatic carbocycles. The fraction of sp³-hybridized carbons (Fsp3) is 0.143.